The van der Waals surface area contributed by atoms with E-state index in [2.05, 4.69) is 41.2 Å². The molecule has 0 spiro atoms. The summed E-state index contributed by atoms with van der Waals surface area (Å²) in [5.74, 6) is 0.878. The van der Waals surface area contributed by atoms with Crippen molar-refractivity contribution in [3.8, 4) is 0 Å². The van der Waals surface area contributed by atoms with Crippen LogP contribution in [0, 0.1) is 11.8 Å². The maximum Gasteiger partial charge on any atom is 0.159 e. The maximum atomic E-state index is 12.1. The number of rotatable bonds is 1. The fourth-order valence-electron chi connectivity index (χ4n) is 5.20. The summed E-state index contributed by atoms with van der Waals surface area (Å²) in [5, 5.41) is 1.35. The van der Waals surface area contributed by atoms with Crippen LogP contribution in [0.3, 0.4) is 0 Å². The topological polar surface area (TPSA) is 45.3 Å². The highest BCUT2D eigenvalue weighted by Gasteiger charge is 2.49. The summed E-state index contributed by atoms with van der Waals surface area (Å²) in [6, 6.07) is 9.38. The molecule has 0 saturated carbocycles. The van der Waals surface area contributed by atoms with Crippen LogP contribution in [0.2, 0.25) is 0 Å². The molecule has 4 heterocycles. The van der Waals surface area contributed by atoms with E-state index >= 15 is 0 Å². The van der Waals surface area contributed by atoms with Gasteiger partial charge in [0.2, 0.25) is 0 Å². The van der Waals surface area contributed by atoms with Crippen molar-refractivity contribution in [3.63, 3.8) is 0 Å². The number of carbonyl (C=O) groups excluding carboxylic acids is 1. The van der Waals surface area contributed by atoms with E-state index in [1.54, 1.807) is 13.2 Å². The van der Waals surface area contributed by atoms with Crippen molar-refractivity contribution in [1.82, 2.24) is 9.88 Å². The Hall–Kier alpha value is -2.07. The molecular weight excluding hydrogens is 300 g/mol. The number of para-hydroxylation sites is 1. The lowest BCUT2D eigenvalue weighted by Crippen LogP contribution is -2.55. The number of benzene rings is 1. The number of hydrogen-bond acceptors (Lipinski definition) is 3. The number of ether oxygens (including phenoxy) is 1. The molecule has 3 aliphatic rings. The number of aromatic amines is 1. The van der Waals surface area contributed by atoms with Gasteiger partial charge in [-0.15, -0.1) is 0 Å². The normalized spacial score (nSPS) is 31.8. The number of fused-ring (bicyclic) bond motifs is 8. The van der Waals surface area contributed by atoms with Crippen LogP contribution in [-0.2, 0) is 16.0 Å². The first-order valence-corrected chi connectivity index (χ1v) is 8.79. The Morgan fingerprint density at radius 2 is 2.17 bits per heavy atom. The summed E-state index contributed by atoms with van der Waals surface area (Å²) < 4.78 is 5.69. The highest BCUT2D eigenvalue weighted by molar-refractivity contribution is 5.93. The Kier molecular flexibility index (Phi) is 2.95. The zero-order chi connectivity index (χ0) is 16.4. The van der Waals surface area contributed by atoms with Crippen molar-refractivity contribution in [1.29, 1.82) is 0 Å². The second-order valence-corrected chi connectivity index (χ2v) is 7.48. The molecule has 0 amide bonds. The van der Waals surface area contributed by atoms with Gasteiger partial charge in [-0.05, 0) is 44.4 Å². The predicted octanol–water partition coefficient (Wildman–Crippen LogP) is 3.20. The number of hydrogen-bond donors (Lipinski definition) is 1. The number of allylic oxidation sites excluding steroid dienone is 1. The van der Waals surface area contributed by atoms with Gasteiger partial charge in [0, 0.05) is 34.1 Å². The van der Waals surface area contributed by atoms with Gasteiger partial charge < -0.3 is 9.72 Å². The number of nitrogens with zero attached hydrogens (tertiary/aromatic N) is 1. The molecule has 4 heteroatoms. The average Bonchev–Trinajstić information content (AvgIpc) is 2.93. The van der Waals surface area contributed by atoms with Crippen LogP contribution in [0.15, 0.2) is 36.1 Å². The van der Waals surface area contributed by atoms with Crippen molar-refractivity contribution in [2.45, 2.75) is 31.8 Å². The van der Waals surface area contributed by atoms with Crippen LogP contribution >= 0.6 is 0 Å². The van der Waals surface area contributed by atoms with Crippen LogP contribution < -0.4 is 0 Å². The van der Waals surface area contributed by atoms with Crippen LogP contribution in [0.25, 0.3) is 10.9 Å². The molecule has 4 unspecified atom stereocenters. The lowest BCUT2D eigenvalue weighted by molar-refractivity contribution is -0.116. The van der Waals surface area contributed by atoms with Gasteiger partial charge in [-0.3, -0.25) is 9.69 Å². The van der Waals surface area contributed by atoms with Crippen molar-refractivity contribution in [2.75, 3.05) is 13.7 Å². The first-order valence-electron chi connectivity index (χ1n) is 8.79. The van der Waals surface area contributed by atoms with E-state index in [4.69, 9.17) is 4.74 Å². The van der Waals surface area contributed by atoms with Gasteiger partial charge in [-0.25, -0.2) is 0 Å². The second kappa shape index (κ2) is 4.96. The molecule has 1 fully saturated rings. The number of nitrogens with one attached hydrogen (secondary N) is 1. The predicted molar refractivity (Wildman–Crippen MR) is 92.6 cm³/mol. The minimum Gasteiger partial charge on any atom is -0.500 e. The second-order valence-electron chi connectivity index (χ2n) is 7.48. The fourth-order valence-corrected chi connectivity index (χ4v) is 5.20. The molecule has 4 nitrogen and oxygen atoms in total. The van der Waals surface area contributed by atoms with Crippen LogP contribution in [0.4, 0.5) is 0 Å². The molecule has 0 radical (unpaired) electrons. The quantitative estimate of drug-likeness (QED) is 0.877. The molecule has 24 heavy (non-hydrogen) atoms. The summed E-state index contributed by atoms with van der Waals surface area (Å²) in [5.41, 5.74) is 4.93. The summed E-state index contributed by atoms with van der Waals surface area (Å²) in [7, 11) is 2.23. The molecule has 124 valence electrons. The summed E-state index contributed by atoms with van der Waals surface area (Å²) in [6.07, 6.45) is 3.74. The highest BCUT2D eigenvalue weighted by atomic mass is 16.5. The third-order valence-electron chi connectivity index (χ3n) is 6.40. The van der Waals surface area contributed by atoms with E-state index in [1.165, 1.54) is 22.2 Å². The first-order chi connectivity index (χ1) is 11.6. The summed E-state index contributed by atoms with van der Waals surface area (Å²) >= 11 is 0. The monoisotopic (exact) mass is 322 g/mol. The van der Waals surface area contributed by atoms with E-state index in [0.717, 1.165) is 25.0 Å². The smallest absolute Gasteiger partial charge is 0.159 e. The van der Waals surface area contributed by atoms with Crippen molar-refractivity contribution < 1.29 is 9.53 Å². The molecule has 3 aliphatic heterocycles. The molecule has 1 aromatic carbocycles. The van der Waals surface area contributed by atoms with Gasteiger partial charge in [0.1, 0.15) is 0 Å². The van der Waals surface area contributed by atoms with E-state index in [9.17, 15) is 4.79 Å². The molecule has 4 atom stereocenters. The molecule has 2 aromatic rings. The number of H-pyrrole nitrogens is 1. The van der Waals surface area contributed by atoms with Crippen LogP contribution in [0.1, 0.15) is 30.6 Å². The van der Waals surface area contributed by atoms with Gasteiger partial charge in [0.15, 0.2) is 5.78 Å². The van der Waals surface area contributed by atoms with Gasteiger partial charge in [0.05, 0.1) is 18.9 Å². The number of ketones is 1. The summed E-state index contributed by atoms with van der Waals surface area (Å²) in [6.45, 7) is 2.39. The number of carbonyl (C=O) groups is 1. The van der Waals surface area contributed by atoms with Gasteiger partial charge >= 0.3 is 0 Å². The largest absolute Gasteiger partial charge is 0.500 e. The van der Waals surface area contributed by atoms with Crippen LogP contribution in [-0.4, -0.2) is 35.4 Å². The van der Waals surface area contributed by atoms with Crippen molar-refractivity contribution >= 4 is 16.7 Å². The maximum absolute atomic E-state index is 12.1. The lowest BCUT2D eigenvalue weighted by atomic mass is 9.67. The van der Waals surface area contributed by atoms with Crippen molar-refractivity contribution in [3.05, 3.63) is 47.4 Å². The highest BCUT2D eigenvalue weighted by Crippen LogP contribution is 2.50. The lowest BCUT2D eigenvalue weighted by Gasteiger charge is -2.52. The van der Waals surface area contributed by atoms with E-state index in [0.29, 0.717) is 23.9 Å². The molecule has 0 aliphatic carbocycles. The number of piperidine rings is 1. The molecule has 1 aromatic heterocycles. The van der Waals surface area contributed by atoms with Gasteiger partial charge in [-0.2, -0.15) is 0 Å². The number of likely N-dealkylation sites (N-methyl/N-ethyl adjacent to an activating group) is 1. The Morgan fingerprint density at radius 3 is 3.00 bits per heavy atom. The Labute approximate surface area is 141 Å². The minimum atomic E-state index is 0.157. The standard InChI is InChI=1S/C20H22N2O2/c1-11(23)15-9-24-10-16-13(15)7-19-20-14(8-18(16)22(19)2)12-5-3-4-6-17(12)21-20/h3-6,9,13,16,18-19,21H,7-8,10H2,1-2H3. The molecule has 1 saturated heterocycles. The van der Waals surface area contributed by atoms with Gasteiger partial charge in [0.25, 0.3) is 0 Å². The first kappa shape index (κ1) is 14.3. The van der Waals surface area contributed by atoms with Gasteiger partial charge in [-0.1, -0.05) is 18.2 Å². The van der Waals surface area contributed by atoms with E-state index in [-0.39, 0.29) is 5.78 Å². The Bertz CT molecular complexity index is 866. The fraction of sp³-hybridized carbons (Fsp3) is 0.450. The van der Waals surface area contributed by atoms with Crippen LogP contribution in [0.5, 0.6) is 0 Å². The number of aromatic nitrogens is 1. The van der Waals surface area contributed by atoms with E-state index < -0.39 is 0 Å². The summed E-state index contributed by atoms with van der Waals surface area (Å²) in [4.78, 5) is 18.2. The molecule has 5 rings (SSSR count). The molecule has 1 N–H and O–H groups in total. The zero-order valence-corrected chi connectivity index (χ0v) is 14.1. The Morgan fingerprint density at radius 1 is 1.33 bits per heavy atom. The van der Waals surface area contributed by atoms with E-state index in [1.807, 2.05) is 0 Å². The third-order valence-corrected chi connectivity index (χ3v) is 6.40. The SMILES string of the molecule is CC(=O)C1=COCC2C1CC1c3[nH]c4ccccc4c3CC2N1C. The number of Topliss-reactive ketones (excluding diaryl/α,β-unsaturated/α-hetero) is 1. The molecular formula is C20H22N2O2. The minimum absolute atomic E-state index is 0.157. The Balaban J connectivity index is 1.64. The zero-order valence-electron chi connectivity index (χ0n) is 14.1. The third kappa shape index (κ3) is 1.80. The molecule has 2 bridgehead atoms. The average molecular weight is 322 g/mol. The van der Waals surface area contributed by atoms with Crippen molar-refractivity contribution in [2.24, 2.45) is 11.8 Å².